The molecule has 0 aliphatic carbocycles. The first-order valence-electron chi connectivity index (χ1n) is 5.65. The fraction of sp³-hybridized carbons (Fsp3) is 0.727. The summed E-state index contributed by atoms with van der Waals surface area (Å²) in [6, 6.07) is 0. The molecule has 1 saturated heterocycles. The highest BCUT2D eigenvalue weighted by Gasteiger charge is 2.36. The second kappa shape index (κ2) is 5.16. The second-order valence-electron chi connectivity index (χ2n) is 4.70. The van der Waals surface area contributed by atoms with Crippen LogP contribution in [0.5, 0.6) is 0 Å². The van der Waals surface area contributed by atoms with Crippen molar-refractivity contribution in [2.24, 2.45) is 5.41 Å². The first-order chi connectivity index (χ1) is 7.85. The van der Waals surface area contributed by atoms with Gasteiger partial charge in [0.15, 0.2) is 0 Å². The molecule has 0 bridgehead atoms. The molecule has 0 aromatic rings. The summed E-state index contributed by atoms with van der Waals surface area (Å²) in [6.45, 7) is 3.93. The minimum Gasteiger partial charge on any atom is -0.480 e. The van der Waals surface area contributed by atoms with E-state index in [9.17, 15) is 14.4 Å². The van der Waals surface area contributed by atoms with Crippen LogP contribution < -0.4 is 5.32 Å². The van der Waals surface area contributed by atoms with E-state index in [1.54, 1.807) is 4.90 Å². The molecule has 0 aromatic carbocycles. The van der Waals surface area contributed by atoms with E-state index >= 15 is 0 Å². The van der Waals surface area contributed by atoms with E-state index in [-0.39, 0.29) is 12.5 Å². The zero-order valence-electron chi connectivity index (χ0n) is 10.2. The Balaban J connectivity index is 2.42. The van der Waals surface area contributed by atoms with Crippen LogP contribution >= 0.6 is 0 Å². The number of carbonyl (C=O) groups is 3. The minimum atomic E-state index is -1.51. The van der Waals surface area contributed by atoms with Gasteiger partial charge in [-0.3, -0.25) is 14.4 Å². The Labute approximate surface area is 100.0 Å². The number of carboxylic acid groups (broad SMARTS) is 1. The van der Waals surface area contributed by atoms with E-state index in [1.807, 2.05) is 0 Å². The number of hydrogen-bond donors (Lipinski definition) is 2. The topological polar surface area (TPSA) is 86.7 Å². The molecule has 1 rings (SSSR count). The third kappa shape index (κ3) is 3.18. The van der Waals surface area contributed by atoms with Crippen molar-refractivity contribution < 1.29 is 19.5 Å². The maximum Gasteiger partial charge on any atom is 0.318 e. The number of likely N-dealkylation sites (tertiary alicyclic amines) is 1. The lowest BCUT2D eigenvalue weighted by Crippen LogP contribution is -2.46. The molecule has 1 fully saturated rings. The molecule has 17 heavy (non-hydrogen) atoms. The summed E-state index contributed by atoms with van der Waals surface area (Å²) in [6.07, 6.45) is 1.97. The SMILES string of the molecule is CC(C)(C(=O)O)C(=O)NCC(=O)N1CCCC1. The van der Waals surface area contributed by atoms with E-state index in [0.717, 1.165) is 25.9 Å². The molecule has 2 amide bonds. The Bertz CT molecular complexity index is 332. The molecular weight excluding hydrogens is 224 g/mol. The first kappa shape index (κ1) is 13.5. The highest BCUT2D eigenvalue weighted by atomic mass is 16.4. The maximum absolute atomic E-state index is 11.6. The molecule has 1 aliphatic heterocycles. The van der Waals surface area contributed by atoms with Gasteiger partial charge in [-0.25, -0.2) is 0 Å². The van der Waals surface area contributed by atoms with E-state index in [2.05, 4.69) is 5.32 Å². The van der Waals surface area contributed by atoms with Crippen LogP contribution in [0.3, 0.4) is 0 Å². The fourth-order valence-electron chi connectivity index (χ4n) is 1.55. The average Bonchev–Trinajstić information content (AvgIpc) is 2.78. The summed E-state index contributed by atoms with van der Waals surface area (Å²) in [5.41, 5.74) is -1.51. The van der Waals surface area contributed by atoms with Crippen LogP contribution in [0.2, 0.25) is 0 Å². The highest BCUT2D eigenvalue weighted by molar-refractivity contribution is 6.02. The third-order valence-electron chi connectivity index (χ3n) is 2.96. The van der Waals surface area contributed by atoms with Gasteiger partial charge in [-0.1, -0.05) is 0 Å². The molecule has 1 aliphatic rings. The van der Waals surface area contributed by atoms with Crippen LogP contribution in [-0.2, 0) is 14.4 Å². The maximum atomic E-state index is 11.6. The Morgan fingerprint density at radius 1 is 1.24 bits per heavy atom. The van der Waals surface area contributed by atoms with Gasteiger partial charge < -0.3 is 15.3 Å². The molecule has 0 atom stereocenters. The van der Waals surface area contributed by atoms with Gasteiger partial charge in [0.2, 0.25) is 11.8 Å². The molecule has 0 aromatic heterocycles. The van der Waals surface area contributed by atoms with Gasteiger partial charge in [-0.15, -0.1) is 0 Å². The van der Waals surface area contributed by atoms with Gasteiger partial charge in [0.25, 0.3) is 0 Å². The monoisotopic (exact) mass is 242 g/mol. The van der Waals surface area contributed by atoms with E-state index in [1.165, 1.54) is 13.8 Å². The molecule has 6 nitrogen and oxygen atoms in total. The van der Waals surface area contributed by atoms with Gasteiger partial charge >= 0.3 is 5.97 Å². The van der Waals surface area contributed by atoms with Crippen LogP contribution in [0.4, 0.5) is 0 Å². The van der Waals surface area contributed by atoms with Gasteiger partial charge in [0.05, 0.1) is 6.54 Å². The zero-order valence-corrected chi connectivity index (χ0v) is 10.2. The van der Waals surface area contributed by atoms with E-state index in [4.69, 9.17) is 5.11 Å². The Kier molecular flexibility index (Phi) is 4.09. The first-order valence-corrected chi connectivity index (χ1v) is 5.65. The van der Waals surface area contributed by atoms with Crippen LogP contribution in [-0.4, -0.2) is 47.4 Å². The fourth-order valence-corrected chi connectivity index (χ4v) is 1.55. The number of rotatable bonds is 4. The number of nitrogens with one attached hydrogen (secondary N) is 1. The molecule has 2 N–H and O–H groups in total. The minimum absolute atomic E-state index is 0.129. The number of carbonyl (C=O) groups excluding carboxylic acids is 2. The van der Waals surface area contributed by atoms with Crippen molar-refractivity contribution in [1.29, 1.82) is 0 Å². The quantitative estimate of drug-likeness (QED) is 0.670. The van der Waals surface area contributed by atoms with Crippen LogP contribution in [0.15, 0.2) is 0 Å². The van der Waals surface area contributed by atoms with E-state index in [0.29, 0.717) is 0 Å². The second-order valence-corrected chi connectivity index (χ2v) is 4.70. The van der Waals surface area contributed by atoms with Gasteiger partial charge in [0, 0.05) is 13.1 Å². The molecule has 96 valence electrons. The molecule has 0 spiro atoms. The molecule has 1 heterocycles. The summed E-state index contributed by atoms with van der Waals surface area (Å²) in [4.78, 5) is 35.7. The average molecular weight is 242 g/mol. The number of amides is 2. The van der Waals surface area contributed by atoms with Gasteiger partial charge in [-0.2, -0.15) is 0 Å². The van der Waals surface area contributed by atoms with Crippen molar-refractivity contribution >= 4 is 17.8 Å². The van der Waals surface area contributed by atoms with Crippen molar-refractivity contribution in [3.05, 3.63) is 0 Å². The lowest BCUT2D eigenvalue weighted by atomic mass is 9.93. The Morgan fingerprint density at radius 3 is 2.24 bits per heavy atom. The zero-order chi connectivity index (χ0) is 13.1. The van der Waals surface area contributed by atoms with Crippen molar-refractivity contribution in [2.45, 2.75) is 26.7 Å². The summed E-state index contributed by atoms with van der Waals surface area (Å²) in [7, 11) is 0. The standard InChI is InChI=1S/C11H18N2O4/c1-11(2,10(16)17)9(15)12-7-8(14)13-5-3-4-6-13/h3-7H2,1-2H3,(H,12,15)(H,16,17). The Hall–Kier alpha value is -1.59. The highest BCUT2D eigenvalue weighted by Crippen LogP contribution is 2.15. The summed E-state index contributed by atoms with van der Waals surface area (Å²) >= 11 is 0. The predicted octanol–water partition coefficient (Wildman–Crippen LogP) is -0.164. The molecule has 0 unspecified atom stereocenters. The van der Waals surface area contributed by atoms with Crippen LogP contribution in [0.25, 0.3) is 0 Å². The molecule has 6 heteroatoms. The predicted molar refractivity (Wildman–Crippen MR) is 60.2 cm³/mol. The van der Waals surface area contributed by atoms with E-state index < -0.39 is 17.3 Å². The number of carboxylic acids is 1. The van der Waals surface area contributed by atoms with Gasteiger partial charge in [-0.05, 0) is 26.7 Å². The van der Waals surface area contributed by atoms with Crippen molar-refractivity contribution in [3.63, 3.8) is 0 Å². The summed E-state index contributed by atoms with van der Waals surface area (Å²) in [5.74, 6) is -2.00. The lowest BCUT2D eigenvalue weighted by Gasteiger charge is -2.20. The summed E-state index contributed by atoms with van der Waals surface area (Å²) < 4.78 is 0. The molecular formula is C11H18N2O4. The molecule has 0 radical (unpaired) electrons. The number of hydrogen-bond acceptors (Lipinski definition) is 3. The van der Waals surface area contributed by atoms with Crippen LogP contribution in [0, 0.1) is 5.41 Å². The molecule has 0 saturated carbocycles. The lowest BCUT2D eigenvalue weighted by molar-refractivity contribution is -0.154. The number of aliphatic carboxylic acids is 1. The summed E-state index contributed by atoms with van der Waals surface area (Å²) in [5, 5.41) is 11.2. The normalized spacial score (nSPS) is 15.8. The smallest absolute Gasteiger partial charge is 0.318 e. The van der Waals surface area contributed by atoms with Crippen molar-refractivity contribution in [3.8, 4) is 0 Å². The van der Waals surface area contributed by atoms with Crippen molar-refractivity contribution in [2.75, 3.05) is 19.6 Å². The van der Waals surface area contributed by atoms with Crippen molar-refractivity contribution in [1.82, 2.24) is 10.2 Å². The van der Waals surface area contributed by atoms with Crippen LogP contribution in [0.1, 0.15) is 26.7 Å². The number of nitrogens with zero attached hydrogens (tertiary/aromatic N) is 1. The largest absolute Gasteiger partial charge is 0.480 e. The Morgan fingerprint density at radius 2 is 1.76 bits per heavy atom. The van der Waals surface area contributed by atoms with Gasteiger partial charge in [0.1, 0.15) is 5.41 Å². The third-order valence-corrected chi connectivity index (χ3v) is 2.96.